The third-order valence-electron chi connectivity index (χ3n) is 4.91. The Balaban J connectivity index is 1.41. The second-order valence-corrected chi connectivity index (χ2v) is 6.96. The third kappa shape index (κ3) is 3.99. The van der Waals surface area contributed by atoms with E-state index >= 15 is 0 Å². The van der Waals surface area contributed by atoms with Crippen LogP contribution in [0.2, 0.25) is 0 Å². The zero-order valence-electron chi connectivity index (χ0n) is 16.3. The van der Waals surface area contributed by atoms with Gasteiger partial charge in [0.1, 0.15) is 24.7 Å². The average Bonchev–Trinajstić information content (AvgIpc) is 3.04. The molecule has 0 fully saturated rings. The van der Waals surface area contributed by atoms with Gasteiger partial charge in [0.05, 0.1) is 29.1 Å². The molecular weight excluding hydrogens is 370 g/mol. The van der Waals surface area contributed by atoms with Crippen molar-refractivity contribution in [3.05, 3.63) is 71.1 Å². The maximum Gasteiger partial charge on any atom is 0.244 e. The van der Waals surface area contributed by atoms with E-state index in [1.165, 1.54) is 4.90 Å². The molecule has 1 aliphatic heterocycles. The number of carbonyl (C=O) groups excluding carboxylic acids is 2. The largest absolute Gasteiger partial charge is 0.489 e. The molecule has 0 saturated carbocycles. The SMILES string of the molecule is Cc1noc(C)c1COc1ccc(CC(=O)N2CC(=O)Nc3ccccc32)cc1. The molecular formula is C22H21N3O4. The standard InChI is InChI=1S/C22H21N3O4/c1-14-18(15(2)29-24-14)13-28-17-9-7-16(8-10-17)11-22(27)25-12-21(26)23-19-5-3-4-6-20(19)25/h3-10H,11-13H2,1-2H3,(H,23,26). The average molecular weight is 391 g/mol. The highest BCUT2D eigenvalue weighted by Crippen LogP contribution is 2.29. The first-order chi connectivity index (χ1) is 14.0. The number of benzene rings is 2. The first-order valence-corrected chi connectivity index (χ1v) is 9.34. The molecule has 4 rings (SSSR count). The summed E-state index contributed by atoms with van der Waals surface area (Å²) in [5, 5.41) is 6.70. The van der Waals surface area contributed by atoms with Crippen LogP contribution in [0.25, 0.3) is 0 Å². The summed E-state index contributed by atoms with van der Waals surface area (Å²) < 4.78 is 10.9. The number of para-hydroxylation sites is 2. The highest BCUT2D eigenvalue weighted by Gasteiger charge is 2.26. The van der Waals surface area contributed by atoms with Gasteiger partial charge in [-0.2, -0.15) is 0 Å². The predicted molar refractivity (Wildman–Crippen MR) is 108 cm³/mol. The Morgan fingerprint density at radius 2 is 1.93 bits per heavy atom. The molecule has 2 aromatic carbocycles. The number of nitrogens with one attached hydrogen (secondary N) is 1. The summed E-state index contributed by atoms with van der Waals surface area (Å²) in [6.45, 7) is 4.13. The molecule has 148 valence electrons. The van der Waals surface area contributed by atoms with Gasteiger partial charge in [0.2, 0.25) is 11.8 Å². The molecule has 0 unspecified atom stereocenters. The van der Waals surface area contributed by atoms with Crippen molar-refractivity contribution < 1.29 is 18.8 Å². The number of aromatic nitrogens is 1. The Bertz CT molecular complexity index is 1040. The number of amides is 2. The van der Waals surface area contributed by atoms with Crippen LogP contribution in [0.5, 0.6) is 5.75 Å². The van der Waals surface area contributed by atoms with E-state index in [9.17, 15) is 9.59 Å². The molecule has 0 bridgehead atoms. The molecule has 7 nitrogen and oxygen atoms in total. The first-order valence-electron chi connectivity index (χ1n) is 9.34. The van der Waals surface area contributed by atoms with E-state index in [-0.39, 0.29) is 24.8 Å². The molecule has 1 aromatic heterocycles. The van der Waals surface area contributed by atoms with Gasteiger partial charge in [-0.25, -0.2) is 0 Å². The van der Waals surface area contributed by atoms with Crippen LogP contribution < -0.4 is 15.0 Å². The van der Waals surface area contributed by atoms with Crippen LogP contribution in [-0.4, -0.2) is 23.5 Å². The normalized spacial score (nSPS) is 13.0. The molecule has 0 aliphatic carbocycles. The smallest absolute Gasteiger partial charge is 0.244 e. The minimum atomic E-state index is -0.194. The Morgan fingerprint density at radius 3 is 2.66 bits per heavy atom. The number of nitrogens with zero attached hydrogens (tertiary/aromatic N) is 2. The van der Waals surface area contributed by atoms with Crippen LogP contribution >= 0.6 is 0 Å². The van der Waals surface area contributed by atoms with Crippen molar-refractivity contribution in [2.24, 2.45) is 0 Å². The van der Waals surface area contributed by atoms with Gasteiger partial charge >= 0.3 is 0 Å². The topological polar surface area (TPSA) is 84.7 Å². The zero-order valence-corrected chi connectivity index (χ0v) is 16.3. The predicted octanol–water partition coefficient (Wildman–Crippen LogP) is 3.40. The number of anilines is 2. The highest BCUT2D eigenvalue weighted by molar-refractivity contribution is 6.10. The Morgan fingerprint density at radius 1 is 1.17 bits per heavy atom. The lowest BCUT2D eigenvalue weighted by Crippen LogP contribution is -2.42. The van der Waals surface area contributed by atoms with Crippen LogP contribution in [0.4, 0.5) is 11.4 Å². The lowest BCUT2D eigenvalue weighted by Gasteiger charge is -2.29. The summed E-state index contributed by atoms with van der Waals surface area (Å²) in [6, 6.07) is 14.7. The van der Waals surface area contributed by atoms with Gasteiger partial charge in [0.25, 0.3) is 0 Å². The molecule has 2 heterocycles. The lowest BCUT2D eigenvalue weighted by atomic mass is 10.1. The molecule has 2 amide bonds. The number of rotatable bonds is 5. The fraction of sp³-hybridized carbons (Fsp3) is 0.227. The van der Waals surface area contributed by atoms with E-state index in [0.29, 0.717) is 18.0 Å². The van der Waals surface area contributed by atoms with Gasteiger partial charge in [-0.15, -0.1) is 0 Å². The summed E-state index contributed by atoms with van der Waals surface area (Å²) in [6.07, 6.45) is 0.200. The van der Waals surface area contributed by atoms with Crippen molar-refractivity contribution in [2.75, 3.05) is 16.8 Å². The molecule has 1 aliphatic rings. The van der Waals surface area contributed by atoms with E-state index in [1.807, 2.05) is 56.3 Å². The van der Waals surface area contributed by atoms with Gasteiger partial charge in [-0.3, -0.25) is 9.59 Å². The number of hydrogen-bond donors (Lipinski definition) is 1. The molecule has 0 saturated heterocycles. The quantitative estimate of drug-likeness (QED) is 0.721. The molecule has 0 radical (unpaired) electrons. The van der Waals surface area contributed by atoms with Gasteiger partial charge in [0, 0.05) is 0 Å². The van der Waals surface area contributed by atoms with E-state index < -0.39 is 0 Å². The Kier molecular flexibility index (Phi) is 5.03. The van der Waals surface area contributed by atoms with E-state index in [1.54, 1.807) is 6.07 Å². The minimum Gasteiger partial charge on any atom is -0.489 e. The monoisotopic (exact) mass is 391 g/mol. The summed E-state index contributed by atoms with van der Waals surface area (Å²) >= 11 is 0. The van der Waals surface area contributed by atoms with E-state index in [0.717, 1.165) is 28.3 Å². The van der Waals surface area contributed by atoms with Crippen molar-refractivity contribution in [1.82, 2.24) is 5.16 Å². The summed E-state index contributed by atoms with van der Waals surface area (Å²) in [4.78, 5) is 26.3. The van der Waals surface area contributed by atoms with Crippen molar-refractivity contribution in [1.29, 1.82) is 0 Å². The lowest BCUT2D eigenvalue weighted by molar-refractivity contribution is -0.121. The summed E-state index contributed by atoms with van der Waals surface area (Å²) in [7, 11) is 0. The van der Waals surface area contributed by atoms with Crippen molar-refractivity contribution >= 4 is 23.2 Å². The van der Waals surface area contributed by atoms with Crippen molar-refractivity contribution in [3.8, 4) is 5.75 Å². The fourth-order valence-electron chi connectivity index (χ4n) is 3.29. The molecule has 29 heavy (non-hydrogen) atoms. The zero-order chi connectivity index (χ0) is 20.4. The second-order valence-electron chi connectivity index (χ2n) is 6.96. The van der Waals surface area contributed by atoms with Crippen LogP contribution in [0, 0.1) is 13.8 Å². The van der Waals surface area contributed by atoms with Crippen LogP contribution in [0.15, 0.2) is 53.1 Å². The molecule has 0 atom stereocenters. The molecule has 7 heteroatoms. The summed E-state index contributed by atoms with van der Waals surface area (Å²) in [5.74, 6) is 1.12. The van der Waals surface area contributed by atoms with E-state index in [2.05, 4.69) is 10.5 Å². The maximum absolute atomic E-state index is 12.8. The maximum atomic E-state index is 12.8. The van der Waals surface area contributed by atoms with Crippen molar-refractivity contribution in [2.45, 2.75) is 26.9 Å². The molecule has 1 N–H and O–H groups in total. The third-order valence-corrected chi connectivity index (χ3v) is 4.91. The van der Waals surface area contributed by atoms with Gasteiger partial charge in [0.15, 0.2) is 0 Å². The van der Waals surface area contributed by atoms with E-state index in [4.69, 9.17) is 9.26 Å². The summed E-state index contributed by atoms with van der Waals surface area (Å²) in [5.41, 5.74) is 3.97. The number of fused-ring (bicyclic) bond motifs is 1. The Labute approximate surface area is 168 Å². The fourth-order valence-corrected chi connectivity index (χ4v) is 3.29. The number of carbonyl (C=O) groups is 2. The van der Waals surface area contributed by atoms with Gasteiger partial charge in [-0.1, -0.05) is 29.4 Å². The number of aryl methyl sites for hydroxylation is 2. The Hall–Kier alpha value is -3.61. The minimum absolute atomic E-state index is 0.0223. The second kappa shape index (κ2) is 7.79. The van der Waals surface area contributed by atoms with Gasteiger partial charge in [-0.05, 0) is 43.7 Å². The van der Waals surface area contributed by atoms with Crippen LogP contribution in [-0.2, 0) is 22.6 Å². The van der Waals surface area contributed by atoms with Crippen LogP contribution in [0.3, 0.4) is 0 Å². The number of hydrogen-bond acceptors (Lipinski definition) is 5. The number of ether oxygens (including phenoxy) is 1. The molecule has 0 spiro atoms. The van der Waals surface area contributed by atoms with Crippen LogP contribution in [0.1, 0.15) is 22.6 Å². The van der Waals surface area contributed by atoms with Gasteiger partial charge < -0.3 is 19.5 Å². The molecule has 3 aromatic rings. The highest BCUT2D eigenvalue weighted by atomic mass is 16.5. The first kappa shape index (κ1) is 18.7. The van der Waals surface area contributed by atoms with Crippen molar-refractivity contribution in [3.63, 3.8) is 0 Å².